The summed E-state index contributed by atoms with van der Waals surface area (Å²) < 4.78 is 28.6. The third-order valence-corrected chi connectivity index (χ3v) is 5.67. The molecule has 11 heteroatoms. The van der Waals surface area contributed by atoms with Crippen molar-refractivity contribution in [1.82, 2.24) is 24.9 Å². The number of nitrogens with zero attached hydrogens (tertiary/aromatic N) is 4. The second kappa shape index (κ2) is 8.05. The number of anilines is 1. The molecule has 0 aliphatic carbocycles. The van der Waals surface area contributed by atoms with Gasteiger partial charge in [-0.15, -0.1) is 5.10 Å². The zero-order valence-electron chi connectivity index (χ0n) is 15.0. The molecule has 2 aromatic carbocycles. The maximum atomic E-state index is 12.4. The van der Waals surface area contributed by atoms with E-state index in [0.717, 1.165) is 0 Å². The van der Waals surface area contributed by atoms with Crippen LogP contribution in [0.15, 0.2) is 53.4 Å². The number of carbonyl (C=O) groups excluding carboxylic acids is 1. The first kappa shape index (κ1) is 19.9. The number of halogens is 1. The predicted octanol–water partition coefficient (Wildman–Crippen LogP) is 1.84. The standard InChI is InChI=1S/C17H17ClN6O3S/c1-11(21-28(26,27)15-8-6-13(18)7-9-15)17(25)19-14-5-3-4-12(10-14)16-20-22-23-24(16)2/h3-11,21H,1-2H3,(H,19,25)/t11-/m0/s1. The highest BCUT2D eigenvalue weighted by atomic mass is 35.5. The Bertz CT molecular complexity index is 1100. The molecule has 0 saturated carbocycles. The number of sulfonamides is 1. The van der Waals surface area contributed by atoms with E-state index in [4.69, 9.17) is 11.6 Å². The summed E-state index contributed by atoms with van der Waals surface area (Å²) in [7, 11) is -2.16. The fourth-order valence-corrected chi connectivity index (χ4v) is 3.76. The number of aromatic nitrogens is 4. The van der Waals surface area contributed by atoms with Gasteiger partial charge < -0.3 is 5.32 Å². The number of hydrogen-bond acceptors (Lipinski definition) is 6. The molecule has 28 heavy (non-hydrogen) atoms. The van der Waals surface area contributed by atoms with Crippen LogP contribution in [-0.4, -0.2) is 40.6 Å². The zero-order chi connectivity index (χ0) is 20.3. The Labute approximate surface area is 166 Å². The Kier molecular flexibility index (Phi) is 5.73. The molecule has 0 aliphatic heterocycles. The number of nitrogens with one attached hydrogen (secondary N) is 2. The van der Waals surface area contributed by atoms with Gasteiger partial charge in [0.15, 0.2) is 5.82 Å². The average Bonchev–Trinajstić information content (AvgIpc) is 3.08. The normalized spacial score (nSPS) is 12.5. The van der Waals surface area contributed by atoms with E-state index in [-0.39, 0.29) is 4.90 Å². The van der Waals surface area contributed by atoms with Crippen LogP contribution in [0.4, 0.5) is 5.69 Å². The monoisotopic (exact) mass is 420 g/mol. The van der Waals surface area contributed by atoms with E-state index in [1.54, 1.807) is 31.3 Å². The zero-order valence-corrected chi connectivity index (χ0v) is 16.6. The first-order chi connectivity index (χ1) is 13.3. The first-order valence-corrected chi connectivity index (χ1v) is 10.0. The number of carbonyl (C=O) groups is 1. The quantitative estimate of drug-likeness (QED) is 0.628. The van der Waals surface area contributed by atoms with Crippen molar-refractivity contribution in [3.05, 3.63) is 53.6 Å². The lowest BCUT2D eigenvalue weighted by atomic mass is 10.2. The molecule has 0 bridgehead atoms. The second-order valence-corrected chi connectivity index (χ2v) is 8.14. The number of rotatable bonds is 6. The van der Waals surface area contributed by atoms with Gasteiger partial charge in [0.2, 0.25) is 15.9 Å². The highest BCUT2D eigenvalue weighted by Crippen LogP contribution is 2.20. The highest BCUT2D eigenvalue weighted by Gasteiger charge is 2.22. The van der Waals surface area contributed by atoms with Crippen LogP contribution in [0.1, 0.15) is 6.92 Å². The predicted molar refractivity (Wildman–Crippen MR) is 104 cm³/mol. The summed E-state index contributed by atoms with van der Waals surface area (Å²) in [5.74, 6) is 0.0263. The molecule has 3 rings (SSSR count). The van der Waals surface area contributed by atoms with Crippen molar-refractivity contribution in [2.45, 2.75) is 17.9 Å². The Hall–Kier alpha value is -2.82. The van der Waals surface area contributed by atoms with Gasteiger partial charge in [0.25, 0.3) is 0 Å². The molecule has 0 saturated heterocycles. The number of tetrazole rings is 1. The van der Waals surface area contributed by atoms with Gasteiger partial charge in [-0.2, -0.15) is 4.72 Å². The van der Waals surface area contributed by atoms with E-state index >= 15 is 0 Å². The fourth-order valence-electron chi connectivity index (χ4n) is 2.43. The SMILES string of the molecule is C[C@H](NS(=O)(=O)c1ccc(Cl)cc1)C(=O)Nc1cccc(-c2nnnn2C)c1. The molecule has 3 aromatic rings. The van der Waals surface area contributed by atoms with Crippen molar-refractivity contribution in [1.29, 1.82) is 0 Å². The van der Waals surface area contributed by atoms with E-state index < -0.39 is 22.0 Å². The molecule has 1 amide bonds. The van der Waals surface area contributed by atoms with E-state index in [0.29, 0.717) is 22.1 Å². The summed E-state index contributed by atoms with van der Waals surface area (Å²) in [5.41, 5.74) is 1.20. The summed E-state index contributed by atoms with van der Waals surface area (Å²) in [5, 5.41) is 14.4. The molecule has 0 unspecified atom stereocenters. The molecule has 0 aliphatic rings. The summed E-state index contributed by atoms with van der Waals surface area (Å²) in [4.78, 5) is 12.5. The van der Waals surface area contributed by atoms with Gasteiger partial charge in [-0.05, 0) is 53.7 Å². The van der Waals surface area contributed by atoms with E-state index in [2.05, 4.69) is 25.6 Å². The largest absolute Gasteiger partial charge is 0.325 e. The van der Waals surface area contributed by atoms with Crippen LogP contribution < -0.4 is 10.0 Å². The molecule has 146 valence electrons. The van der Waals surface area contributed by atoms with Crippen molar-refractivity contribution in [3.8, 4) is 11.4 Å². The third-order valence-electron chi connectivity index (χ3n) is 3.86. The lowest BCUT2D eigenvalue weighted by molar-refractivity contribution is -0.117. The average molecular weight is 421 g/mol. The number of hydrogen-bond donors (Lipinski definition) is 2. The first-order valence-electron chi connectivity index (χ1n) is 8.18. The highest BCUT2D eigenvalue weighted by molar-refractivity contribution is 7.89. The molecule has 9 nitrogen and oxygen atoms in total. The van der Waals surface area contributed by atoms with Crippen LogP contribution in [-0.2, 0) is 21.9 Å². The Morgan fingerprint density at radius 2 is 1.89 bits per heavy atom. The van der Waals surface area contributed by atoms with E-state index in [1.807, 2.05) is 0 Å². The van der Waals surface area contributed by atoms with Crippen molar-refractivity contribution in [2.75, 3.05) is 5.32 Å². The molecule has 1 atom stereocenters. The molecule has 1 aromatic heterocycles. The topological polar surface area (TPSA) is 119 Å². The number of amides is 1. The smallest absolute Gasteiger partial charge is 0.242 e. The molecular formula is C17H17ClN6O3S. The van der Waals surface area contributed by atoms with Gasteiger partial charge in [-0.1, -0.05) is 23.7 Å². The lowest BCUT2D eigenvalue weighted by Gasteiger charge is -2.15. The molecule has 0 fully saturated rings. The maximum absolute atomic E-state index is 12.4. The van der Waals surface area contributed by atoms with Crippen molar-refractivity contribution in [3.63, 3.8) is 0 Å². The van der Waals surface area contributed by atoms with Crippen LogP contribution in [0.3, 0.4) is 0 Å². The van der Waals surface area contributed by atoms with Crippen molar-refractivity contribution in [2.24, 2.45) is 7.05 Å². The van der Waals surface area contributed by atoms with Crippen molar-refractivity contribution >= 4 is 33.2 Å². The van der Waals surface area contributed by atoms with E-state index in [9.17, 15) is 13.2 Å². The fraction of sp³-hybridized carbons (Fsp3) is 0.176. The molecule has 0 spiro atoms. The van der Waals surface area contributed by atoms with Gasteiger partial charge in [-0.3, -0.25) is 4.79 Å². The second-order valence-electron chi connectivity index (χ2n) is 5.99. The van der Waals surface area contributed by atoms with Crippen LogP contribution in [0.25, 0.3) is 11.4 Å². The summed E-state index contributed by atoms with van der Waals surface area (Å²) in [6, 6.07) is 11.6. The van der Waals surface area contributed by atoms with Gasteiger partial charge in [0.05, 0.1) is 10.9 Å². The van der Waals surface area contributed by atoms with Crippen LogP contribution in [0.5, 0.6) is 0 Å². The summed E-state index contributed by atoms with van der Waals surface area (Å²) in [6.07, 6.45) is 0. The molecule has 0 radical (unpaired) electrons. The van der Waals surface area contributed by atoms with Gasteiger partial charge in [-0.25, -0.2) is 13.1 Å². The van der Waals surface area contributed by atoms with Crippen LogP contribution in [0.2, 0.25) is 5.02 Å². The van der Waals surface area contributed by atoms with E-state index in [1.165, 1.54) is 35.9 Å². The number of benzene rings is 2. The minimum atomic E-state index is -3.86. The van der Waals surface area contributed by atoms with Gasteiger partial charge >= 0.3 is 0 Å². The minimum Gasteiger partial charge on any atom is -0.325 e. The van der Waals surface area contributed by atoms with Gasteiger partial charge in [0.1, 0.15) is 0 Å². The maximum Gasteiger partial charge on any atom is 0.242 e. The third kappa shape index (κ3) is 4.53. The molecule has 2 N–H and O–H groups in total. The molecular weight excluding hydrogens is 404 g/mol. The van der Waals surface area contributed by atoms with Crippen molar-refractivity contribution < 1.29 is 13.2 Å². The lowest BCUT2D eigenvalue weighted by Crippen LogP contribution is -2.41. The summed E-state index contributed by atoms with van der Waals surface area (Å²) in [6.45, 7) is 1.46. The summed E-state index contributed by atoms with van der Waals surface area (Å²) >= 11 is 5.77. The van der Waals surface area contributed by atoms with Crippen LogP contribution >= 0.6 is 11.6 Å². The Morgan fingerprint density at radius 3 is 2.54 bits per heavy atom. The Morgan fingerprint density at radius 1 is 1.18 bits per heavy atom. The van der Waals surface area contributed by atoms with Crippen LogP contribution in [0, 0.1) is 0 Å². The Balaban J connectivity index is 1.71. The number of aryl methyl sites for hydroxylation is 1. The van der Waals surface area contributed by atoms with Gasteiger partial charge in [0, 0.05) is 23.3 Å². The minimum absolute atomic E-state index is 0.0216. The molecule has 1 heterocycles.